The Hall–Kier alpha value is -1.23. The average Bonchev–Trinajstić information content (AvgIpc) is 2.66. The van der Waals surface area contributed by atoms with Crippen molar-refractivity contribution >= 4 is 15.5 Å². The van der Waals surface area contributed by atoms with Gasteiger partial charge >= 0.3 is 5.97 Å². The van der Waals surface area contributed by atoms with Gasteiger partial charge in [0.05, 0.1) is 5.92 Å². The van der Waals surface area contributed by atoms with Crippen LogP contribution < -0.4 is 4.74 Å². The molecule has 2 aliphatic rings. The van der Waals surface area contributed by atoms with Crippen molar-refractivity contribution in [3.05, 3.63) is 29.8 Å². The number of rotatable bonds is 5. The van der Waals surface area contributed by atoms with Gasteiger partial charge in [-0.2, -0.15) is 0 Å². The summed E-state index contributed by atoms with van der Waals surface area (Å²) in [5, 5.41) is 0. The van der Waals surface area contributed by atoms with E-state index in [-0.39, 0.29) is 27.2 Å². The second kappa shape index (κ2) is 9.11. The molecule has 2 fully saturated rings. The highest BCUT2D eigenvalue weighted by Crippen LogP contribution is 2.43. The summed E-state index contributed by atoms with van der Waals surface area (Å²) in [6.45, 7) is 2.33. The quantitative estimate of drug-likeness (QED) is 0.395. The fraction of sp³-hybridized carbons (Fsp3) is 0.667. The van der Waals surface area contributed by atoms with Crippen molar-refractivity contribution in [2.45, 2.75) is 69.9 Å². The second-order valence-electron chi connectivity index (χ2n) is 8.18. The summed E-state index contributed by atoms with van der Waals surface area (Å²) in [4.78, 5) is 12.3. The van der Waals surface area contributed by atoms with Crippen LogP contribution in [0.2, 0.25) is 11.6 Å². The van der Waals surface area contributed by atoms with E-state index in [2.05, 4.69) is 6.92 Å². The highest BCUT2D eigenvalue weighted by molar-refractivity contribution is 6.37. The van der Waals surface area contributed by atoms with Crippen molar-refractivity contribution in [1.82, 2.24) is 0 Å². The highest BCUT2D eigenvalue weighted by atomic mass is 28.2. The molecule has 0 spiro atoms. The molecule has 144 valence electrons. The normalized spacial score (nSPS) is 29.8. The molecule has 0 unspecified atom stereocenters. The van der Waals surface area contributed by atoms with Gasteiger partial charge in [-0.05, 0) is 49.7 Å². The lowest BCUT2D eigenvalue weighted by atomic mass is 9.71. The summed E-state index contributed by atoms with van der Waals surface area (Å²) < 4.78 is 31.5. The van der Waals surface area contributed by atoms with E-state index in [9.17, 15) is 13.6 Å². The largest absolute Gasteiger partial charge is 0.426 e. The van der Waals surface area contributed by atoms with Crippen LogP contribution in [0.1, 0.15) is 58.3 Å². The second-order valence-corrected chi connectivity index (χ2v) is 10.9. The molecule has 0 bridgehead atoms. The SMILES string of the molecule is CC[SiH2][C@H]1CC[C@H]([C@H]2CC[C@H](C(=O)Oc3ccc(F)c(F)c3)CC2)CC1. The van der Waals surface area contributed by atoms with E-state index >= 15 is 0 Å². The van der Waals surface area contributed by atoms with Crippen LogP contribution >= 0.6 is 0 Å². The van der Waals surface area contributed by atoms with Crippen LogP contribution in [0.25, 0.3) is 0 Å². The molecule has 5 heteroatoms. The Morgan fingerprint density at radius 2 is 1.62 bits per heavy atom. The molecule has 0 heterocycles. The van der Waals surface area contributed by atoms with Crippen LogP contribution in [0.15, 0.2) is 18.2 Å². The van der Waals surface area contributed by atoms with Gasteiger partial charge < -0.3 is 4.74 Å². The Morgan fingerprint density at radius 1 is 1.00 bits per heavy atom. The average molecular weight is 381 g/mol. The Labute approximate surface area is 157 Å². The van der Waals surface area contributed by atoms with Gasteiger partial charge in [-0.1, -0.05) is 44.2 Å². The molecule has 0 amide bonds. The Balaban J connectivity index is 1.44. The zero-order valence-electron chi connectivity index (χ0n) is 15.7. The number of benzene rings is 1. The topological polar surface area (TPSA) is 26.3 Å². The summed E-state index contributed by atoms with van der Waals surface area (Å²) in [7, 11) is 0.160. The molecule has 0 aliphatic heterocycles. The van der Waals surface area contributed by atoms with Gasteiger partial charge in [0.15, 0.2) is 11.6 Å². The van der Waals surface area contributed by atoms with E-state index < -0.39 is 11.6 Å². The molecule has 26 heavy (non-hydrogen) atoms. The molecule has 0 N–H and O–H groups in total. The van der Waals surface area contributed by atoms with E-state index in [1.807, 2.05) is 0 Å². The number of carbonyl (C=O) groups is 1. The lowest BCUT2D eigenvalue weighted by molar-refractivity contribution is -0.140. The predicted molar refractivity (Wildman–Crippen MR) is 102 cm³/mol. The summed E-state index contributed by atoms with van der Waals surface area (Å²) in [6.07, 6.45) is 9.54. The molecule has 0 atom stereocenters. The van der Waals surface area contributed by atoms with Crippen molar-refractivity contribution in [2.24, 2.45) is 17.8 Å². The van der Waals surface area contributed by atoms with Gasteiger partial charge in [0.2, 0.25) is 0 Å². The first-order chi connectivity index (χ1) is 12.6. The van der Waals surface area contributed by atoms with Crippen molar-refractivity contribution < 1.29 is 18.3 Å². The number of hydrogen-bond acceptors (Lipinski definition) is 2. The van der Waals surface area contributed by atoms with Gasteiger partial charge in [-0.25, -0.2) is 8.78 Å². The first-order valence-electron chi connectivity index (χ1n) is 10.2. The van der Waals surface area contributed by atoms with Crippen molar-refractivity contribution in [3.8, 4) is 5.75 Å². The standard InChI is InChI=1S/C21H30F2O2Si/c1-2-26-18-10-7-15(8-11-18)14-3-5-16(6-4-14)21(24)25-17-9-12-19(22)20(23)13-17/h9,12-16,18H,2-8,10-11,26H2,1H3/t14-,15-,16-,18-. The highest BCUT2D eigenvalue weighted by Gasteiger charge is 2.33. The minimum Gasteiger partial charge on any atom is -0.426 e. The van der Waals surface area contributed by atoms with Crippen molar-refractivity contribution in [2.75, 3.05) is 0 Å². The monoisotopic (exact) mass is 380 g/mol. The molecule has 0 aromatic heterocycles. The van der Waals surface area contributed by atoms with Crippen LogP contribution in [0, 0.1) is 29.4 Å². The zero-order valence-corrected chi connectivity index (χ0v) is 17.1. The zero-order chi connectivity index (χ0) is 18.5. The lowest BCUT2D eigenvalue weighted by Gasteiger charge is -2.37. The van der Waals surface area contributed by atoms with E-state index in [1.165, 1.54) is 37.8 Å². The van der Waals surface area contributed by atoms with E-state index in [1.54, 1.807) is 0 Å². The Kier molecular flexibility index (Phi) is 6.84. The molecule has 2 saturated carbocycles. The molecule has 0 radical (unpaired) electrons. The molecule has 1 aromatic carbocycles. The van der Waals surface area contributed by atoms with Gasteiger partial charge in [0, 0.05) is 15.6 Å². The van der Waals surface area contributed by atoms with Gasteiger partial charge in [-0.15, -0.1) is 0 Å². The molecule has 1 aromatic rings. The third kappa shape index (κ3) is 4.93. The lowest BCUT2D eigenvalue weighted by Crippen LogP contribution is -2.30. The van der Waals surface area contributed by atoms with Crippen LogP contribution in [-0.2, 0) is 4.79 Å². The fourth-order valence-corrected chi connectivity index (χ4v) is 6.79. The number of hydrogen-bond donors (Lipinski definition) is 0. The molecule has 0 saturated heterocycles. The summed E-state index contributed by atoms with van der Waals surface area (Å²) in [5.41, 5.74) is 1.07. The third-order valence-electron chi connectivity index (χ3n) is 6.47. The summed E-state index contributed by atoms with van der Waals surface area (Å²) in [5.74, 6) is -0.626. The van der Waals surface area contributed by atoms with Crippen LogP contribution in [0.5, 0.6) is 5.75 Å². The molecular weight excluding hydrogens is 350 g/mol. The third-order valence-corrected chi connectivity index (χ3v) is 8.68. The van der Waals surface area contributed by atoms with Crippen LogP contribution in [-0.4, -0.2) is 15.5 Å². The molecule has 3 rings (SSSR count). The maximum absolute atomic E-state index is 13.2. The maximum Gasteiger partial charge on any atom is 0.314 e. The summed E-state index contributed by atoms with van der Waals surface area (Å²) >= 11 is 0. The maximum atomic E-state index is 13.2. The minimum absolute atomic E-state index is 0.0921. The predicted octanol–water partition coefficient (Wildman–Crippen LogP) is 5.26. The fourth-order valence-electron chi connectivity index (χ4n) is 4.92. The number of esters is 1. The Bertz CT molecular complexity index is 606. The first-order valence-corrected chi connectivity index (χ1v) is 12.0. The van der Waals surface area contributed by atoms with E-state index in [0.29, 0.717) is 0 Å². The Morgan fingerprint density at radius 3 is 2.19 bits per heavy atom. The van der Waals surface area contributed by atoms with E-state index in [4.69, 9.17) is 4.74 Å². The van der Waals surface area contributed by atoms with E-state index in [0.717, 1.165) is 55.2 Å². The van der Waals surface area contributed by atoms with Crippen LogP contribution in [0.4, 0.5) is 8.78 Å². The van der Waals surface area contributed by atoms with Crippen LogP contribution in [0.3, 0.4) is 0 Å². The van der Waals surface area contributed by atoms with Crippen molar-refractivity contribution in [3.63, 3.8) is 0 Å². The minimum atomic E-state index is -0.985. The molecular formula is C21H30F2O2Si. The van der Waals surface area contributed by atoms with Crippen molar-refractivity contribution in [1.29, 1.82) is 0 Å². The van der Waals surface area contributed by atoms with Gasteiger partial charge in [-0.3, -0.25) is 4.79 Å². The van der Waals surface area contributed by atoms with Gasteiger partial charge in [0.25, 0.3) is 0 Å². The first kappa shape index (κ1) is 19.5. The smallest absolute Gasteiger partial charge is 0.314 e. The molecule has 2 aliphatic carbocycles. The summed E-state index contributed by atoms with van der Waals surface area (Å²) in [6, 6.07) is 4.67. The number of ether oxygens (including phenoxy) is 1. The molecule has 2 nitrogen and oxygen atoms in total. The number of carbonyl (C=O) groups excluding carboxylic acids is 1. The number of halogens is 2. The van der Waals surface area contributed by atoms with Gasteiger partial charge in [0.1, 0.15) is 5.75 Å².